The first-order valence-corrected chi connectivity index (χ1v) is 7.66. The molecule has 0 aromatic heterocycles. The van der Waals surface area contributed by atoms with Crippen molar-refractivity contribution in [3.63, 3.8) is 0 Å². The second-order valence-electron chi connectivity index (χ2n) is 4.85. The van der Waals surface area contributed by atoms with Crippen molar-refractivity contribution >= 4 is 15.9 Å². The molecule has 0 spiro atoms. The second-order valence-corrected chi connectivity index (χ2v) is 5.77. The first kappa shape index (κ1) is 15.1. The van der Waals surface area contributed by atoms with Crippen molar-refractivity contribution in [2.45, 2.75) is 26.3 Å². The van der Waals surface area contributed by atoms with Gasteiger partial charge in [0.15, 0.2) is 0 Å². The molecule has 0 unspecified atom stereocenters. The van der Waals surface area contributed by atoms with Gasteiger partial charge >= 0.3 is 0 Å². The summed E-state index contributed by atoms with van der Waals surface area (Å²) in [5, 5.41) is 0. The van der Waals surface area contributed by atoms with E-state index >= 15 is 0 Å². The maximum atomic E-state index is 5.93. The Morgan fingerprint density at radius 1 is 1.15 bits per heavy atom. The van der Waals surface area contributed by atoms with Crippen LogP contribution in [0.15, 0.2) is 46.9 Å². The molecule has 0 bridgehead atoms. The topological polar surface area (TPSA) is 35.2 Å². The van der Waals surface area contributed by atoms with Crippen LogP contribution in [-0.2, 0) is 13.0 Å². The standard InChI is InChI=1S/C17H20BrNO/c1-13-10-16(18)11-15(12-19)17(13)20-9-5-8-14-6-3-2-4-7-14/h2-4,6-7,10-11H,5,8-9,12,19H2,1H3. The fourth-order valence-electron chi connectivity index (χ4n) is 2.25. The number of rotatable bonds is 6. The van der Waals surface area contributed by atoms with E-state index < -0.39 is 0 Å². The van der Waals surface area contributed by atoms with Crippen LogP contribution in [0.4, 0.5) is 0 Å². The molecular formula is C17H20BrNO. The van der Waals surface area contributed by atoms with Crippen LogP contribution in [0.2, 0.25) is 0 Å². The zero-order chi connectivity index (χ0) is 14.4. The predicted molar refractivity (Wildman–Crippen MR) is 87.0 cm³/mol. The molecule has 2 rings (SSSR count). The summed E-state index contributed by atoms with van der Waals surface area (Å²) in [6.45, 7) is 3.26. The Kier molecular flexibility index (Phi) is 5.62. The van der Waals surface area contributed by atoms with Gasteiger partial charge in [0, 0.05) is 16.6 Å². The number of aryl methyl sites for hydroxylation is 2. The number of ether oxygens (including phenoxy) is 1. The van der Waals surface area contributed by atoms with E-state index in [1.165, 1.54) is 5.56 Å². The van der Waals surface area contributed by atoms with Crippen molar-refractivity contribution in [3.05, 3.63) is 63.6 Å². The smallest absolute Gasteiger partial charge is 0.126 e. The number of halogens is 1. The third kappa shape index (κ3) is 4.09. The van der Waals surface area contributed by atoms with Gasteiger partial charge in [0.05, 0.1) is 6.61 Å². The lowest BCUT2D eigenvalue weighted by atomic mass is 10.1. The highest BCUT2D eigenvalue weighted by molar-refractivity contribution is 9.10. The van der Waals surface area contributed by atoms with Crippen molar-refractivity contribution in [3.8, 4) is 5.75 Å². The Hall–Kier alpha value is -1.32. The lowest BCUT2D eigenvalue weighted by Crippen LogP contribution is -2.06. The van der Waals surface area contributed by atoms with Gasteiger partial charge in [-0.05, 0) is 43.0 Å². The minimum atomic E-state index is 0.494. The SMILES string of the molecule is Cc1cc(Br)cc(CN)c1OCCCc1ccccc1. The van der Waals surface area contributed by atoms with Gasteiger partial charge in [0.1, 0.15) is 5.75 Å². The molecule has 3 heteroatoms. The number of hydrogen-bond acceptors (Lipinski definition) is 2. The summed E-state index contributed by atoms with van der Waals surface area (Å²) in [4.78, 5) is 0. The van der Waals surface area contributed by atoms with E-state index in [1.807, 2.05) is 12.1 Å². The molecule has 0 amide bonds. The zero-order valence-electron chi connectivity index (χ0n) is 11.7. The van der Waals surface area contributed by atoms with Gasteiger partial charge in [0.25, 0.3) is 0 Å². The summed E-state index contributed by atoms with van der Waals surface area (Å²) in [7, 11) is 0. The van der Waals surface area contributed by atoms with Crippen LogP contribution in [0, 0.1) is 6.92 Å². The molecular weight excluding hydrogens is 314 g/mol. The van der Waals surface area contributed by atoms with Crippen LogP contribution in [0.1, 0.15) is 23.1 Å². The summed E-state index contributed by atoms with van der Waals surface area (Å²) in [6.07, 6.45) is 2.04. The highest BCUT2D eigenvalue weighted by Gasteiger charge is 2.07. The van der Waals surface area contributed by atoms with E-state index in [4.69, 9.17) is 10.5 Å². The van der Waals surface area contributed by atoms with E-state index in [9.17, 15) is 0 Å². The van der Waals surface area contributed by atoms with Crippen molar-refractivity contribution < 1.29 is 4.74 Å². The van der Waals surface area contributed by atoms with Gasteiger partial charge in [-0.1, -0.05) is 46.3 Å². The van der Waals surface area contributed by atoms with Crippen LogP contribution in [0.25, 0.3) is 0 Å². The molecule has 0 saturated heterocycles. The van der Waals surface area contributed by atoms with Gasteiger partial charge in [-0.25, -0.2) is 0 Å². The minimum absolute atomic E-state index is 0.494. The predicted octanol–water partition coefficient (Wildman–Crippen LogP) is 4.23. The van der Waals surface area contributed by atoms with E-state index in [0.717, 1.165) is 34.2 Å². The second kappa shape index (κ2) is 7.46. The molecule has 2 aromatic carbocycles. The summed E-state index contributed by atoms with van der Waals surface area (Å²) >= 11 is 3.49. The minimum Gasteiger partial charge on any atom is -0.493 e. The first-order chi connectivity index (χ1) is 9.70. The fraction of sp³-hybridized carbons (Fsp3) is 0.294. The molecule has 0 radical (unpaired) electrons. The van der Waals surface area contributed by atoms with Gasteiger partial charge < -0.3 is 10.5 Å². The average Bonchev–Trinajstić information content (AvgIpc) is 2.45. The normalized spacial score (nSPS) is 10.6. The highest BCUT2D eigenvalue weighted by Crippen LogP contribution is 2.28. The molecule has 0 fully saturated rings. The molecule has 2 aromatic rings. The van der Waals surface area contributed by atoms with Crippen molar-refractivity contribution in [2.75, 3.05) is 6.61 Å². The molecule has 2 N–H and O–H groups in total. The number of benzene rings is 2. The van der Waals surface area contributed by atoms with E-state index in [2.05, 4.69) is 53.2 Å². The molecule has 0 saturated carbocycles. The lowest BCUT2D eigenvalue weighted by Gasteiger charge is -2.14. The summed E-state index contributed by atoms with van der Waals surface area (Å²) < 4.78 is 6.98. The summed E-state index contributed by atoms with van der Waals surface area (Å²) in [5.74, 6) is 0.934. The Morgan fingerprint density at radius 3 is 2.60 bits per heavy atom. The van der Waals surface area contributed by atoms with Gasteiger partial charge in [-0.2, -0.15) is 0 Å². The van der Waals surface area contributed by atoms with Crippen LogP contribution in [0.3, 0.4) is 0 Å². The van der Waals surface area contributed by atoms with Crippen LogP contribution < -0.4 is 10.5 Å². The number of hydrogen-bond donors (Lipinski definition) is 1. The Morgan fingerprint density at radius 2 is 1.90 bits per heavy atom. The molecule has 106 valence electrons. The third-order valence-corrected chi connectivity index (χ3v) is 3.69. The first-order valence-electron chi connectivity index (χ1n) is 6.86. The van der Waals surface area contributed by atoms with E-state index in [1.54, 1.807) is 0 Å². The fourth-order valence-corrected chi connectivity index (χ4v) is 2.87. The van der Waals surface area contributed by atoms with Gasteiger partial charge in [-0.15, -0.1) is 0 Å². The van der Waals surface area contributed by atoms with Gasteiger partial charge in [-0.3, -0.25) is 0 Å². The molecule has 0 aliphatic heterocycles. The molecule has 0 aliphatic carbocycles. The zero-order valence-corrected chi connectivity index (χ0v) is 13.3. The maximum absolute atomic E-state index is 5.93. The molecule has 0 heterocycles. The molecule has 2 nitrogen and oxygen atoms in total. The lowest BCUT2D eigenvalue weighted by molar-refractivity contribution is 0.306. The quantitative estimate of drug-likeness (QED) is 0.803. The van der Waals surface area contributed by atoms with Gasteiger partial charge in [0.2, 0.25) is 0 Å². The highest BCUT2D eigenvalue weighted by atomic mass is 79.9. The van der Waals surface area contributed by atoms with Crippen molar-refractivity contribution in [1.82, 2.24) is 0 Å². The number of nitrogens with two attached hydrogens (primary N) is 1. The molecule has 0 aliphatic rings. The van der Waals surface area contributed by atoms with Crippen molar-refractivity contribution in [1.29, 1.82) is 0 Å². The molecule has 20 heavy (non-hydrogen) atoms. The van der Waals surface area contributed by atoms with Crippen molar-refractivity contribution in [2.24, 2.45) is 5.73 Å². The average molecular weight is 334 g/mol. The van der Waals surface area contributed by atoms with E-state index in [-0.39, 0.29) is 0 Å². The largest absolute Gasteiger partial charge is 0.493 e. The van der Waals surface area contributed by atoms with Crippen LogP contribution in [0.5, 0.6) is 5.75 Å². The van der Waals surface area contributed by atoms with Crippen LogP contribution >= 0.6 is 15.9 Å². The Balaban J connectivity index is 1.91. The van der Waals surface area contributed by atoms with E-state index in [0.29, 0.717) is 13.2 Å². The van der Waals surface area contributed by atoms with Crippen LogP contribution in [-0.4, -0.2) is 6.61 Å². The summed E-state index contributed by atoms with van der Waals surface area (Å²) in [6, 6.07) is 14.6. The monoisotopic (exact) mass is 333 g/mol. The summed E-state index contributed by atoms with van der Waals surface area (Å²) in [5.41, 5.74) is 9.31. The molecule has 0 atom stereocenters. The third-order valence-electron chi connectivity index (χ3n) is 3.24. The Labute approximate surface area is 129 Å². The maximum Gasteiger partial charge on any atom is 0.126 e. The Bertz CT molecular complexity index is 554.